The Kier molecular flexibility index (Phi) is 19.0. The highest BCUT2D eigenvalue weighted by Gasteiger charge is 2.48. The number of anilines is 3. The molecule has 15 rings (SSSR count). The summed E-state index contributed by atoms with van der Waals surface area (Å²) in [5.74, 6) is 2.57. The second kappa shape index (κ2) is 27.7. The Balaban J connectivity index is 0.000000125. The van der Waals surface area contributed by atoms with Gasteiger partial charge in [-0.15, -0.1) is 26.3 Å². The number of ketones is 1. The summed E-state index contributed by atoms with van der Waals surface area (Å²) in [7, 11) is 7.81. The summed E-state index contributed by atoms with van der Waals surface area (Å²) in [6.07, 6.45) is -9.86. The lowest BCUT2D eigenvalue weighted by molar-refractivity contribution is -0.287. The maximum atomic E-state index is 13.4. The van der Waals surface area contributed by atoms with Crippen LogP contribution in [0.15, 0.2) is 140 Å². The maximum Gasteiger partial charge on any atom is 0.586 e. The van der Waals surface area contributed by atoms with Crippen LogP contribution in [-0.2, 0) is 25.6 Å². The lowest BCUT2D eigenvalue weighted by Gasteiger charge is -2.30. The summed E-state index contributed by atoms with van der Waals surface area (Å²) in [6, 6.07) is 40.4. The van der Waals surface area contributed by atoms with E-state index in [-0.39, 0.29) is 101 Å². The van der Waals surface area contributed by atoms with E-state index in [1.165, 1.54) is 30.3 Å². The summed E-state index contributed by atoms with van der Waals surface area (Å²) in [4.78, 5) is 48.7. The lowest BCUT2D eigenvalue weighted by atomic mass is 9.78. The molecule has 8 aromatic rings. The molecular weight excluding hydrogens is 1300 g/mol. The van der Waals surface area contributed by atoms with Gasteiger partial charge < -0.3 is 77.5 Å². The van der Waals surface area contributed by atoms with Gasteiger partial charge in [-0.05, 0) is 96.3 Å². The highest BCUT2D eigenvalue weighted by molar-refractivity contribution is 5.98. The molecule has 6 aliphatic heterocycles. The van der Waals surface area contributed by atoms with E-state index in [0.29, 0.717) is 94.3 Å². The fourth-order valence-corrected chi connectivity index (χ4v) is 13.1. The van der Waals surface area contributed by atoms with Crippen molar-refractivity contribution in [2.45, 2.75) is 88.5 Å². The Bertz CT molecular complexity index is 4440. The molecule has 516 valence electrons. The monoisotopic (exact) mass is 1370 g/mol. The Morgan fingerprint density at radius 2 is 0.798 bits per heavy atom. The molecule has 4 unspecified atom stereocenters. The van der Waals surface area contributed by atoms with E-state index in [0.717, 1.165) is 39.1 Å². The average Bonchev–Trinajstić information content (AvgIpc) is 1.67. The summed E-state index contributed by atoms with van der Waals surface area (Å²) in [5, 5.41) is 8.31. The molecule has 26 heteroatoms. The number of nitrogens with one attached hydrogen (secondary N) is 3. The first-order valence-corrected chi connectivity index (χ1v) is 31.3. The van der Waals surface area contributed by atoms with E-state index < -0.39 is 18.9 Å². The van der Waals surface area contributed by atoms with E-state index in [9.17, 15) is 45.5 Å². The molecule has 4 atom stereocenters. The number of alkyl halides is 6. The number of hydrogen-bond donors (Lipinski definition) is 3. The molecule has 0 fully saturated rings. The Morgan fingerprint density at radius 1 is 0.394 bits per heavy atom. The zero-order valence-corrected chi connectivity index (χ0v) is 54.2. The Morgan fingerprint density at radius 3 is 1.28 bits per heavy atom. The largest absolute Gasteiger partial charge is 0.586 e. The minimum absolute atomic E-state index is 0.00279. The van der Waals surface area contributed by atoms with Crippen LogP contribution < -0.4 is 77.5 Å². The molecule has 3 N–H and O–H groups in total. The summed E-state index contributed by atoms with van der Waals surface area (Å²) < 4.78 is 145. The number of methoxy groups -OCH3 is 5. The molecule has 0 spiro atoms. The third-order valence-electron chi connectivity index (χ3n) is 17.2. The van der Waals surface area contributed by atoms with Gasteiger partial charge in [0.05, 0.1) is 54.5 Å². The molecule has 0 saturated heterocycles. The SMILES string of the molecule is CCOc1ccccc1C1CC(=O)Cc2cc3c(cc21)OC(F)(F)O3.CCOc1ccccc1C1CC(=O)Nc2cc(OC)c(OC)c(OC)c21.COc1ccc(C2CC(=O)Nc3cc4c(cc32)OC(F)(F)O4)cc1.COc1ccccc1C1CC(=O)Nc2cc3c(cc21)OC(F)(F)O3. The number of Topliss-reactive ketones (excluding diaryl/α,β-unsaturated/α-hetero) is 1. The smallest absolute Gasteiger partial charge is 0.497 e. The second-order valence-corrected chi connectivity index (χ2v) is 23.2. The van der Waals surface area contributed by atoms with Crippen molar-refractivity contribution in [2.24, 2.45) is 0 Å². The first kappa shape index (κ1) is 67.8. The number of hydrogen-bond acceptors (Lipinski definition) is 17. The van der Waals surface area contributed by atoms with Crippen molar-refractivity contribution in [1.82, 2.24) is 0 Å². The number of benzene rings is 8. The van der Waals surface area contributed by atoms with Crippen molar-refractivity contribution < 1.29 is 107 Å². The average molecular weight is 1370 g/mol. The minimum Gasteiger partial charge on any atom is -0.497 e. The fraction of sp³-hybridized carbons (Fsp3) is 0.288. The number of carbonyl (C=O) groups excluding carboxylic acids is 4. The Hall–Kier alpha value is -11.2. The van der Waals surface area contributed by atoms with Crippen LogP contribution in [0.1, 0.15) is 113 Å². The predicted octanol–water partition coefficient (Wildman–Crippen LogP) is 14.6. The number of carbonyl (C=O) groups is 4. The van der Waals surface area contributed by atoms with Crippen LogP contribution in [-0.4, -0.2) is 91.2 Å². The molecule has 0 aromatic heterocycles. The van der Waals surface area contributed by atoms with E-state index in [1.54, 1.807) is 65.9 Å². The zero-order chi connectivity index (χ0) is 70.1. The molecule has 7 aliphatic rings. The van der Waals surface area contributed by atoms with Crippen LogP contribution in [0.2, 0.25) is 0 Å². The lowest BCUT2D eigenvalue weighted by Crippen LogP contribution is -2.25. The van der Waals surface area contributed by atoms with Gasteiger partial charge in [0.25, 0.3) is 0 Å². The topological polar surface area (TPSA) is 224 Å². The number of amides is 3. The van der Waals surface area contributed by atoms with Crippen molar-refractivity contribution in [2.75, 3.05) is 64.7 Å². The van der Waals surface area contributed by atoms with Gasteiger partial charge >= 0.3 is 18.9 Å². The molecule has 20 nitrogen and oxygen atoms in total. The fourth-order valence-electron chi connectivity index (χ4n) is 13.1. The van der Waals surface area contributed by atoms with Crippen LogP contribution in [0.25, 0.3) is 0 Å². The van der Waals surface area contributed by atoms with Gasteiger partial charge in [0.1, 0.15) is 28.8 Å². The standard InChI is InChI=1S/C20H23NO5.C19H16F2O4.2C17H13F2NO4/c1-5-26-15-9-7-6-8-12(15)13-10-17(22)21-14-11-16(23-2)19(24-3)20(25-4)18(13)14;1-2-23-16-6-4-3-5-13(16)15-9-12(22)7-11-8-17-18(10-14(11)15)25-19(20,21)24-17;1-22-10-4-2-9(3-5-10)11-7-16(21)20-13-8-15-14(6-12(11)13)23-17(18,19)24-15;1-22-13-5-3-2-4-9(13)10-7-16(21)20-12-8-15-14(6-11(10)12)23-17(18,19)24-15/h6-9,11,13H,5,10H2,1-4H3,(H,21,22);3-6,8,10,15H,2,7,9H2,1H3;2-6,8,11H,7H2,1H3,(H,20,21);2-6,8,10H,7H2,1H3,(H,20,21). The van der Waals surface area contributed by atoms with E-state index in [4.69, 9.17) is 33.2 Å². The first-order valence-electron chi connectivity index (χ1n) is 31.3. The quantitative estimate of drug-likeness (QED) is 0.0913. The third-order valence-corrected chi connectivity index (χ3v) is 17.2. The Labute approximate surface area is 563 Å². The molecule has 0 radical (unpaired) electrons. The summed E-state index contributed by atoms with van der Waals surface area (Å²) >= 11 is 0. The summed E-state index contributed by atoms with van der Waals surface area (Å²) in [6.45, 7) is 4.87. The molecule has 6 heterocycles. The van der Waals surface area contributed by atoms with Crippen LogP contribution in [0.4, 0.5) is 43.4 Å². The van der Waals surface area contributed by atoms with Crippen LogP contribution >= 0.6 is 0 Å². The van der Waals surface area contributed by atoms with Crippen LogP contribution in [0, 0.1) is 0 Å². The predicted molar refractivity (Wildman–Crippen MR) is 346 cm³/mol. The molecular formula is C73H65F6N3O17. The second-order valence-electron chi connectivity index (χ2n) is 23.2. The number of rotatable bonds is 13. The van der Waals surface area contributed by atoms with Crippen molar-refractivity contribution >= 4 is 40.6 Å². The third kappa shape index (κ3) is 14.2. The van der Waals surface area contributed by atoms with E-state index in [2.05, 4.69) is 44.4 Å². The van der Waals surface area contributed by atoms with Gasteiger partial charge in [0.2, 0.25) is 23.5 Å². The minimum atomic E-state index is -3.70. The maximum absolute atomic E-state index is 13.4. The number of ether oxygens (including phenoxy) is 13. The van der Waals surface area contributed by atoms with Gasteiger partial charge in [-0.2, -0.15) is 0 Å². The number of halogens is 6. The van der Waals surface area contributed by atoms with Gasteiger partial charge in [-0.3, -0.25) is 19.2 Å². The molecule has 3 amide bonds. The molecule has 1 aliphatic carbocycles. The van der Waals surface area contributed by atoms with Crippen molar-refractivity contribution in [1.29, 1.82) is 0 Å². The van der Waals surface area contributed by atoms with Crippen molar-refractivity contribution in [3.8, 4) is 74.7 Å². The zero-order valence-electron chi connectivity index (χ0n) is 54.2. The molecule has 0 saturated carbocycles. The van der Waals surface area contributed by atoms with Crippen molar-refractivity contribution in [3.05, 3.63) is 190 Å². The van der Waals surface area contributed by atoms with Gasteiger partial charge in [-0.25, -0.2) is 0 Å². The van der Waals surface area contributed by atoms with E-state index in [1.807, 2.05) is 92.7 Å². The van der Waals surface area contributed by atoms with Gasteiger partial charge in [0.15, 0.2) is 46.0 Å². The normalized spacial score (nSPS) is 19.1. The summed E-state index contributed by atoms with van der Waals surface area (Å²) in [5.41, 5.74) is 8.77. The molecule has 99 heavy (non-hydrogen) atoms. The highest BCUT2D eigenvalue weighted by Crippen LogP contribution is 2.55. The highest BCUT2D eigenvalue weighted by atomic mass is 19.3. The first-order chi connectivity index (χ1) is 47.5. The molecule has 8 aromatic carbocycles. The van der Waals surface area contributed by atoms with Crippen LogP contribution in [0.5, 0.6) is 74.7 Å². The van der Waals surface area contributed by atoms with E-state index >= 15 is 0 Å². The van der Waals surface area contributed by atoms with Gasteiger partial charge in [0, 0.05) is 108 Å². The van der Waals surface area contributed by atoms with Gasteiger partial charge in [-0.1, -0.05) is 66.7 Å². The number of fused-ring (bicyclic) bond motifs is 7. The van der Waals surface area contributed by atoms with Crippen LogP contribution in [0.3, 0.4) is 0 Å². The van der Waals surface area contributed by atoms with Crippen molar-refractivity contribution in [3.63, 3.8) is 0 Å². The number of para-hydroxylation sites is 3. The molecule has 0 bridgehead atoms.